The molecule has 0 bridgehead atoms. The molecule has 3 aromatic carbocycles. The van der Waals surface area contributed by atoms with Crippen LogP contribution in [0.15, 0.2) is 95.5 Å². The van der Waals surface area contributed by atoms with Crippen LogP contribution in [0.4, 0.5) is 11.4 Å². The summed E-state index contributed by atoms with van der Waals surface area (Å²) in [5.41, 5.74) is 3.91. The van der Waals surface area contributed by atoms with Crippen LogP contribution in [0, 0.1) is 6.92 Å². The fourth-order valence-electron chi connectivity index (χ4n) is 3.72. The molecule has 0 saturated carbocycles. The number of anilines is 2. The standard InChI is InChI=1S/C25H24N2O3S/c1-18-11-13-23(14-12-18)31(29,30)27-25-10-6-5-9-24(25)26-21-15-20(16-22(28)17-21)19-7-3-2-4-8-19/h2-14,17,20,26-27H,15-16H2,1H3. The largest absolute Gasteiger partial charge is 0.357 e. The summed E-state index contributed by atoms with van der Waals surface area (Å²) in [7, 11) is -3.73. The van der Waals surface area contributed by atoms with E-state index < -0.39 is 10.0 Å². The van der Waals surface area contributed by atoms with Crippen molar-refractivity contribution in [2.75, 3.05) is 10.0 Å². The molecule has 1 aliphatic carbocycles. The Bertz CT molecular complexity index is 1220. The van der Waals surface area contributed by atoms with Gasteiger partial charge in [0.2, 0.25) is 0 Å². The summed E-state index contributed by atoms with van der Waals surface area (Å²) < 4.78 is 28.3. The van der Waals surface area contributed by atoms with Crippen LogP contribution in [0.3, 0.4) is 0 Å². The highest BCUT2D eigenvalue weighted by Gasteiger charge is 2.23. The number of hydrogen-bond acceptors (Lipinski definition) is 4. The SMILES string of the molecule is Cc1ccc(S(=O)(=O)Nc2ccccc2NC2=CC(=O)CC(c3ccccc3)C2)cc1. The molecule has 0 spiro atoms. The molecule has 2 N–H and O–H groups in total. The highest BCUT2D eigenvalue weighted by Crippen LogP contribution is 2.33. The van der Waals surface area contributed by atoms with Gasteiger partial charge < -0.3 is 5.32 Å². The third-order valence-corrected chi connectivity index (χ3v) is 6.70. The van der Waals surface area contributed by atoms with Gasteiger partial charge in [0.25, 0.3) is 10.0 Å². The smallest absolute Gasteiger partial charge is 0.261 e. The van der Waals surface area contributed by atoms with E-state index in [1.807, 2.05) is 43.3 Å². The summed E-state index contributed by atoms with van der Waals surface area (Å²) in [4.78, 5) is 12.5. The Balaban J connectivity index is 1.56. The van der Waals surface area contributed by atoms with E-state index in [0.29, 0.717) is 24.2 Å². The number of benzene rings is 3. The maximum absolute atomic E-state index is 12.8. The first kappa shape index (κ1) is 20.9. The number of aryl methyl sites for hydroxylation is 1. The molecule has 0 amide bonds. The number of para-hydroxylation sites is 2. The number of carbonyl (C=O) groups excluding carboxylic acids is 1. The molecule has 3 aromatic rings. The molecule has 0 heterocycles. The first-order valence-electron chi connectivity index (χ1n) is 10.1. The Hall–Kier alpha value is -3.38. The molecule has 0 aromatic heterocycles. The number of sulfonamides is 1. The van der Waals surface area contributed by atoms with E-state index in [-0.39, 0.29) is 16.6 Å². The van der Waals surface area contributed by atoms with Crippen LogP contribution in [0.1, 0.15) is 29.9 Å². The molecule has 31 heavy (non-hydrogen) atoms. The zero-order chi connectivity index (χ0) is 21.8. The summed E-state index contributed by atoms with van der Waals surface area (Å²) in [6.45, 7) is 1.91. The van der Waals surface area contributed by atoms with Crippen molar-refractivity contribution >= 4 is 27.2 Å². The number of nitrogens with one attached hydrogen (secondary N) is 2. The van der Waals surface area contributed by atoms with Crippen molar-refractivity contribution in [3.63, 3.8) is 0 Å². The van der Waals surface area contributed by atoms with E-state index in [2.05, 4.69) is 10.0 Å². The zero-order valence-electron chi connectivity index (χ0n) is 17.2. The van der Waals surface area contributed by atoms with Gasteiger partial charge in [0.05, 0.1) is 16.3 Å². The molecular formula is C25H24N2O3S. The highest BCUT2D eigenvalue weighted by molar-refractivity contribution is 7.92. The number of carbonyl (C=O) groups is 1. The Morgan fingerprint density at radius 2 is 1.45 bits per heavy atom. The maximum Gasteiger partial charge on any atom is 0.261 e. The maximum atomic E-state index is 12.8. The minimum atomic E-state index is -3.73. The van der Waals surface area contributed by atoms with Crippen LogP contribution in [0.2, 0.25) is 0 Å². The second kappa shape index (κ2) is 8.78. The minimum absolute atomic E-state index is 0.0559. The fraction of sp³-hybridized carbons (Fsp3) is 0.160. The van der Waals surface area contributed by atoms with Crippen LogP contribution in [-0.2, 0) is 14.8 Å². The van der Waals surface area contributed by atoms with Crippen molar-refractivity contribution in [2.24, 2.45) is 0 Å². The summed E-state index contributed by atoms with van der Waals surface area (Å²) in [6, 6.07) is 23.8. The normalized spacial score (nSPS) is 16.5. The van der Waals surface area contributed by atoms with E-state index in [9.17, 15) is 13.2 Å². The van der Waals surface area contributed by atoms with Crippen molar-refractivity contribution in [2.45, 2.75) is 30.6 Å². The zero-order valence-corrected chi connectivity index (χ0v) is 18.0. The van der Waals surface area contributed by atoms with E-state index >= 15 is 0 Å². The van der Waals surface area contributed by atoms with Gasteiger partial charge in [-0.15, -0.1) is 0 Å². The van der Waals surface area contributed by atoms with Crippen LogP contribution >= 0.6 is 0 Å². The van der Waals surface area contributed by atoms with Gasteiger partial charge in [-0.2, -0.15) is 0 Å². The predicted octanol–water partition coefficient (Wildman–Crippen LogP) is 5.24. The van der Waals surface area contributed by atoms with Crippen LogP contribution in [0.25, 0.3) is 0 Å². The molecular weight excluding hydrogens is 408 g/mol. The fourth-order valence-corrected chi connectivity index (χ4v) is 4.80. The lowest BCUT2D eigenvalue weighted by atomic mass is 9.85. The molecule has 5 nitrogen and oxygen atoms in total. The Labute approximate surface area is 182 Å². The van der Waals surface area contributed by atoms with Gasteiger partial charge in [-0.25, -0.2) is 8.42 Å². The molecule has 0 fully saturated rings. The van der Waals surface area contributed by atoms with E-state index in [1.165, 1.54) is 0 Å². The Kier molecular flexibility index (Phi) is 5.91. The summed E-state index contributed by atoms with van der Waals surface area (Å²) >= 11 is 0. The van der Waals surface area contributed by atoms with Crippen molar-refractivity contribution in [1.29, 1.82) is 0 Å². The molecule has 4 rings (SSSR count). The Morgan fingerprint density at radius 1 is 0.806 bits per heavy atom. The van der Waals surface area contributed by atoms with Crippen molar-refractivity contribution in [3.05, 3.63) is 102 Å². The van der Waals surface area contributed by atoms with Crippen LogP contribution in [0.5, 0.6) is 0 Å². The number of ketones is 1. The van der Waals surface area contributed by atoms with Crippen molar-refractivity contribution < 1.29 is 13.2 Å². The molecule has 0 radical (unpaired) electrons. The quantitative estimate of drug-likeness (QED) is 0.559. The number of rotatable bonds is 6. The lowest BCUT2D eigenvalue weighted by molar-refractivity contribution is -0.115. The molecule has 0 aliphatic heterocycles. The van der Waals surface area contributed by atoms with Gasteiger partial charge in [0, 0.05) is 18.2 Å². The highest BCUT2D eigenvalue weighted by atomic mass is 32.2. The van der Waals surface area contributed by atoms with Gasteiger partial charge in [0.15, 0.2) is 5.78 Å². The molecule has 6 heteroatoms. The monoisotopic (exact) mass is 432 g/mol. The average Bonchev–Trinajstić information content (AvgIpc) is 2.75. The van der Waals surface area contributed by atoms with Crippen LogP contribution < -0.4 is 10.0 Å². The Morgan fingerprint density at radius 3 is 2.16 bits per heavy atom. The van der Waals surface area contributed by atoms with E-state index in [4.69, 9.17) is 0 Å². The van der Waals surface area contributed by atoms with Crippen molar-refractivity contribution in [3.8, 4) is 0 Å². The predicted molar refractivity (Wildman–Crippen MR) is 124 cm³/mol. The first-order valence-corrected chi connectivity index (χ1v) is 11.6. The molecule has 158 valence electrons. The average molecular weight is 433 g/mol. The molecule has 1 unspecified atom stereocenters. The van der Waals surface area contributed by atoms with E-state index in [0.717, 1.165) is 16.8 Å². The number of allylic oxidation sites excluding steroid dienone is 2. The van der Waals surface area contributed by atoms with Gasteiger partial charge >= 0.3 is 0 Å². The second-order valence-electron chi connectivity index (χ2n) is 7.74. The number of hydrogen-bond donors (Lipinski definition) is 2. The molecule has 0 saturated heterocycles. The molecule has 1 aliphatic rings. The lowest BCUT2D eigenvalue weighted by Gasteiger charge is -2.24. The summed E-state index contributed by atoms with van der Waals surface area (Å²) in [5, 5.41) is 3.28. The minimum Gasteiger partial charge on any atom is -0.357 e. The van der Waals surface area contributed by atoms with Crippen molar-refractivity contribution in [1.82, 2.24) is 0 Å². The lowest BCUT2D eigenvalue weighted by Crippen LogP contribution is -2.18. The van der Waals surface area contributed by atoms with E-state index in [1.54, 1.807) is 48.5 Å². The summed E-state index contributed by atoms with van der Waals surface area (Å²) in [6.07, 6.45) is 2.76. The topological polar surface area (TPSA) is 75.3 Å². The third-order valence-electron chi connectivity index (χ3n) is 5.32. The van der Waals surface area contributed by atoms with Crippen LogP contribution in [-0.4, -0.2) is 14.2 Å². The molecule has 1 atom stereocenters. The van der Waals surface area contributed by atoms with Gasteiger partial charge in [-0.3, -0.25) is 9.52 Å². The van der Waals surface area contributed by atoms with Gasteiger partial charge in [-0.1, -0.05) is 60.2 Å². The summed E-state index contributed by atoms with van der Waals surface area (Å²) in [5.74, 6) is 0.151. The third kappa shape index (κ3) is 5.03. The van der Waals surface area contributed by atoms with Gasteiger partial charge in [-0.05, 0) is 49.1 Å². The van der Waals surface area contributed by atoms with Gasteiger partial charge in [0.1, 0.15) is 0 Å². The first-order chi connectivity index (χ1) is 14.9. The second-order valence-corrected chi connectivity index (χ2v) is 9.42.